The normalized spacial score (nSPS) is 14.5. The number of amides is 3. The molecule has 8 nitrogen and oxygen atoms in total. The molecule has 2 aromatic rings. The van der Waals surface area contributed by atoms with E-state index in [1.165, 1.54) is 0 Å². The summed E-state index contributed by atoms with van der Waals surface area (Å²) < 4.78 is 5.40. The lowest BCUT2D eigenvalue weighted by molar-refractivity contribution is -0.121. The van der Waals surface area contributed by atoms with E-state index in [0.717, 1.165) is 5.69 Å². The van der Waals surface area contributed by atoms with Crippen LogP contribution >= 0.6 is 0 Å². The van der Waals surface area contributed by atoms with Gasteiger partial charge in [-0.25, -0.2) is 4.79 Å². The average Bonchev–Trinajstić information content (AvgIpc) is 2.74. The second kappa shape index (κ2) is 9.72. The van der Waals surface area contributed by atoms with Crippen LogP contribution in [-0.2, 0) is 9.53 Å². The van der Waals surface area contributed by atoms with Crippen molar-refractivity contribution in [1.29, 1.82) is 0 Å². The summed E-state index contributed by atoms with van der Waals surface area (Å²) in [6, 6.07) is 14.2. The van der Waals surface area contributed by atoms with Gasteiger partial charge in [-0.15, -0.1) is 0 Å². The number of anilines is 3. The Hall–Kier alpha value is -3.55. The number of carbonyl (C=O) groups excluding carboxylic acids is 3. The van der Waals surface area contributed by atoms with Gasteiger partial charge in [0.05, 0.1) is 11.3 Å². The van der Waals surface area contributed by atoms with Crippen molar-refractivity contribution >= 4 is 35.0 Å². The SMILES string of the molecule is CC(C)(C)OC(=O)N1CCC(C(=O)Nc2ccc(Nc3ccccc3C(N)=O)cc2)CC1. The molecule has 1 heterocycles. The van der Waals surface area contributed by atoms with Crippen LogP contribution in [0.15, 0.2) is 48.5 Å². The Labute approximate surface area is 188 Å². The molecule has 1 aliphatic rings. The fourth-order valence-electron chi connectivity index (χ4n) is 3.49. The van der Waals surface area contributed by atoms with Gasteiger partial charge >= 0.3 is 6.09 Å². The maximum Gasteiger partial charge on any atom is 0.410 e. The van der Waals surface area contributed by atoms with E-state index < -0.39 is 11.5 Å². The molecule has 3 rings (SSSR count). The number of para-hydroxylation sites is 1. The number of carbonyl (C=O) groups is 3. The summed E-state index contributed by atoms with van der Waals surface area (Å²) >= 11 is 0. The molecule has 3 amide bonds. The molecule has 2 aromatic carbocycles. The lowest BCUT2D eigenvalue weighted by atomic mass is 9.96. The lowest BCUT2D eigenvalue weighted by Crippen LogP contribution is -2.43. The Morgan fingerprint density at radius 2 is 1.56 bits per heavy atom. The van der Waals surface area contributed by atoms with E-state index in [0.29, 0.717) is 42.9 Å². The summed E-state index contributed by atoms with van der Waals surface area (Å²) in [5, 5.41) is 6.11. The molecule has 0 aromatic heterocycles. The topological polar surface area (TPSA) is 114 Å². The van der Waals surface area contributed by atoms with Crippen LogP contribution in [0.25, 0.3) is 0 Å². The van der Waals surface area contributed by atoms with E-state index >= 15 is 0 Å². The fourth-order valence-corrected chi connectivity index (χ4v) is 3.49. The Bertz CT molecular complexity index is 974. The molecule has 0 bridgehead atoms. The van der Waals surface area contributed by atoms with Crippen LogP contribution in [0.5, 0.6) is 0 Å². The molecule has 32 heavy (non-hydrogen) atoms. The highest BCUT2D eigenvalue weighted by Gasteiger charge is 2.29. The third-order valence-electron chi connectivity index (χ3n) is 5.14. The summed E-state index contributed by atoms with van der Waals surface area (Å²) in [7, 11) is 0. The van der Waals surface area contributed by atoms with Crippen LogP contribution in [0.3, 0.4) is 0 Å². The third-order valence-corrected chi connectivity index (χ3v) is 5.14. The molecule has 1 fully saturated rings. The van der Waals surface area contributed by atoms with Crippen molar-refractivity contribution in [3.8, 4) is 0 Å². The molecule has 170 valence electrons. The van der Waals surface area contributed by atoms with Crippen molar-refractivity contribution in [2.75, 3.05) is 23.7 Å². The van der Waals surface area contributed by atoms with Crippen molar-refractivity contribution in [3.05, 3.63) is 54.1 Å². The van der Waals surface area contributed by atoms with Gasteiger partial charge < -0.3 is 26.0 Å². The van der Waals surface area contributed by atoms with Gasteiger partial charge in [0.2, 0.25) is 5.91 Å². The Morgan fingerprint density at radius 3 is 2.16 bits per heavy atom. The number of hydrogen-bond donors (Lipinski definition) is 3. The van der Waals surface area contributed by atoms with Gasteiger partial charge in [-0.1, -0.05) is 12.1 Å². The van der Waals surface area contributed by atoms with Crippen LogP contribution in [0.4, 0.5) is 21.9 Å². The van der Waals surface area contributed by atoms with E-state index in [4.69, 9.17) is 10.5 Å². The summed E-state index contributed by atoms with van der Waals surface area (Å²) in [5.74, 6) is -0.725. The minimum Gasteiger partial charge on any atom is -0.444 e. The van der Waals surface area contributed by atoms with Crippen molar-refractivity contribution in [2.45, 2.75) is 39.2 Å². The number of piperidine rings is 1. The molecule has 8 heteroatoms. The monoisotopic (exact) mass is 438 g/mol. The van der Waals surface area contributed by atoms with Crippen molar-refractivity contribution in [2.24, 2.45) is 11.7 Å². The van der Waals surface area contributed by atoms with Gasteiger partial charge in [-0.2, -0.15) is 0 Å². The smallest absolute Gasteiger partial charge is 0.410 e. The molecular weight excluding hydrogens is 408 g/mol. The first-order valence-corrected chi connectivity index (χ1v) is 10.7. The maximum atomic E-state index is 12.7. The van der Waals surface area contributed by atoms with Crippen LogP contribution in [0, 0.1) is 5.92 Å². The molecule has 0 spiro atoms. The molecule has 0 radical (unpaired) electrons. The molecule has 0 atom stereocenters. The second-order valence-electron chi connectivity index (χ2n) is 8.84. The van der Waals surface area contributed by atoms with Gasteiger partial charge in [-0.05, 0) is 70.0 Å². The predicted molar refractivity (Wildman–Crippen MR) is 124 cm³/mol. The first-order valence-electron chi connectivity index (χ1n) is 10.7. The summed E-state index contributed by atoms with van der Waals surface area (Å²) in [6.07, 6.45) is 0.848. The third kappa shape index (κ3) is 6.23. The van der Waals surface area contributed by atoms with Gasteiger partial charge in [0.1, 0.15) is 5.60 Å². The average molecular weight is 439 g/mol. The fraction of sp³-hybridized carbons (Fsp3) is 0.375. The highest BCUT2D eigenvalue weighted by atomic mass is 16.6. The van der Waals surface area contributed by atoms with Crippen molar-refractivity contribution in [3.63, 3.8) is 0 Å². The van der Waals surface area contributed by atoms with E-state index in [2.05, 4.69) is 10.6 Å². The zero-order valence-electron chi connectivity index (χ0n) is 18.7. The number of primary amides is 1. The summed E-state index contributed by atoms with van der Waals surface area (Å²) in [6.45, 7) is 6.50. The number of hydrogen-bond acceptors (Lipinski definition) is 5. The molecular formula is C24H30N4O4. The summed E-state index contributed by atoms with van der Waals surface area (Å²) in [4.78, 5) is 38.0. The molecule has 4 N–H and O–H groups in total. The van der Waals surface area contributed by atoms with Crippen LogP contribution in [-0.4, -0.2) is 41.5 Å². The molecule has 0 unspecified atom stereocenters. The van der Waals surface area contributed by atoms with E-state index in [9.17, 15) is 14.4 Å². The maximum absolute atomic E-state index is 12.7. The Balaban J connectivity index is 1.52. The minimum absolute atomic E-state index is 0.0615. The zero-order chi connectivity index (χ0) is 23.3. The van der Waals surface area contributed by atoms with E-state index in [1.54, 1.807) is 35.2 Å². The number of likely N-dealkylation sites (tertiary alicyclic amines) is 1. The minimum atomic E-state index is -0.533. The number of nitrogens with two attached hydrogens (primary N) is 1. The number of rotatable bonds is 5. The van der Waals surface area contributed by atoms with E-state index in [-0.39, 0.29) is 17.9 Å². The van der Waals surface area contributed by atoms with Gasteiger partial charge in [0.15, 0.2) is 0 Å². The molecule has 1 aliphatic heterocycles. The van der Waals surface area contributed by atoms with Crippen molar-refractivity contribution < 1.29 is 19.1 Å². The highest BCUT2D eigenvalue weighted by molar-refractivity contribution is 5.99. The first-order chi connectivity index (χ1) is 15.1. The standard InChI is InChI=1S/C24H30N4O4/c1-24(2,3)32-23(31)28-14-12-16(13-15-28)22(30)27-18-10-8-17(9-11-18)26-20-7-5-4-6-19(20)21(25)29/h4-11,16,26H,12-15H2,1-3H3,(H2,25,29)(H,27,30). The van der Waals surface area contributed by atoms with Gasteiger partial charge in [0, 0.05) is 30.4 Å². The van der Waals surface area contributed by atoms with Crippen LogP contribution in [0.1, 0.15) is 44.0 Å². The zero-order valence-corrected chi connectivity index (χ0v) is 18.7. The highest BCUT2D eigenvalue weighted by Crippen LogP contribution is 2.24. The Morgan fingerprint density at radius 1 is 0.969 bits per heavy atom. The number of benzene rings is 2. The van der Waals surface area contributed by atoms with Crippen LogP contribution < -0.4 is 16.4 Å². The Kier molecular flexibility index (Phi) is 7.02. The molecule has 1 saturated heterocycles. The number of ether oxygens (including phenoxy) is 1. The predicted octanol–water partition coefficient (Wildman–Crippen LogP) is 4.11. The van der Waals surface area contributed by atoms with Crippen LogP contribution in [0.2, 0.25) is 0 Å². The number of nitrogens with one attached hydrogen (secondary N) is 2. The lowest BCUT2D eigenvalue weighted by Gasteiger charge is -2.32. The molecule has 0 aliphatic carbocycles. The quantitative estimate of drug-likeness (QED) is 0.650. The van der Waals surface area contributed by atoms with Gasteiger partial charge in [-0.3, -0.25) is 9.59 Å². The van der Waals surface area contributed by atoms with E-state index in [1.807, 2.05) is 39.0 Å². The summed E-state index contributed by atoms with van der Waals surface area (Å²) in [5.41, 5.74) is 7.35. The van der Waals surface area contributed by atoms with Gasteiger partial charge in [0.25, 0.3) is 5.91 Å². The molecule has 0 saturated carbocycles. The largest absolute Gasteiger partial charge is 0.444 e. The number of nitrogens with zero attached hydrogens (tertiary/aromatic N) is 1. The van der Waals surface area contributed by atoms with Crippen molar-refractivity contribution in [1.82, 2.24) is 4.90 Å². The first kappa shape index (κ1) is 23.1. The second-order valence-corrected chi connectivity index (χ2v) is 8.84.